The second kappa shape index (κ2) is 4.60. The first-order valence-corrected chi connectivity index (χ1v) is 5.48. The van der Waals surface area contributed by atoms with E-state index in [1.165, 1.54) is 17.0 Å². The summed E-state index contributed by atoms with van der Waals surface area (Å²) < 4.78 is 13.5. The number of nitrogens with zero attached hydrogens (tertiary/aromatic N) is 1. The molecule has 2 N–H and O–H groups in total. The first-order valence-electron chi connectivity index (χ1n) is 5.10. The maximum Gasteiger partial charge on any atom is 0.258 e. The number of hydrogen-bond acceptors (Lipinski definition) is 3. The van der Waals surface area contributed by atoms with E-state index in [1.807, 2.05) is 0 Å². The van der Waals surface area contributed by atoms with Gasteiger partial charge in [-0.25, -0.2) is 4.39 Å². The Bertz CT molecular complexity index is 424. The molecule has 0 aliphatic carbocycles. The fourth-order valence-corrected chi connectivity index (χ4v) is 2.04. The molecule has 17 heavy (non-hydrogen) atoms. The van der Waals surface area contributed by atoms with Gasteiger partial charge in [-0.05, 0) is 12.1 Å². The minimum atomic E-state index is -0.996. The van der Waals surface area contributed by atoms with Gasteiger partial charge in [-0.1, -0.05) is 17.7 Å². The van der Waals surface area contributed by atoms with Crippen LogP contribution in [-0.4, -0.2) is 46.3 Å². The fourth-order valence-electron chi connectivity index (χ4n) is 1.80. The molecule has 0 unspecified atom stereocenters. The van der Waals surface area contributed by atoms with Gasteiger partial charge in [0.2, 0.25) is 0 Å². The van der Waals surface area contributed by atoms with Gasteiger partial charge in [-0.15, -0.1) is 0 Å². The number of aliphatic hydroxyl groups is 2. The highest BCUT2D eigenvalue weighted by atomic mass is 35.5. The quantitative estimate of drug-likeness (QED) is 0.779. The topological polar surface area (TPSA) is 60.8 Å². The molecule has 0 aromatic heterocycles. The maximum atomic E-state index is 13.5. The molecule has 1 saturated heterocycles. The van der Waals surface area contributed by atoms with Crippen LogP contribution >= 0.6 is 11.6 Å². The van der Waals surface area contributed by atoms with Crippen molar-refractivity contribution in [2.45, 2.75) is 12.2 Å². The van der Waals surface area contributed by atoms with Gasteiger partial charge in [-0.3, -0.25) is 4.79 Å². The first kappa shape index (κ1) is 12.3. The summed E-state index contributed by atoms with van der Waals surface area (Å²) >= 11 is 5.76. The van der Waals surface area contributed by atoms with E-state index in [0.29, 0.717) is 0 Å². The van der Waals surface area contributed by atoms with Crippen LogP contribution < -0.4 is 0 Å². The SMILES string of the molecule is O=C(c1c(F)cccc1Cl)N1C[C@@H](O)[C@@H](O)C1. The van der Waals surface area contributed by atoms with E-state index >= 15 is 0 Å². The molecule has 1 fully saturated rings. The summed E-state index contributed by atoms with van der Waals surface area (Å²) in [7, 11) is 0. The largest absolute Gasteiger partial charge is 0.388 e. The summed E-state index contributed by atoms with van der Waals surface area (Å²) in [4.78, 5) is 13.1. The minimum Gasteiger partial charge on any atom is -0.388 e. The van der Waals surface area contributed by atoms with Crippen molar-refractivity contribution < 1.29 is 19.4 Å². The lowest BCUT2D eigenvalue weighted by Gasteiger charge is -2.16. The van der Waals surface area contributed by atoms with Gasteiger partial charge < -0.3 is 15.1 Å². The molecule has 6 heteroatoms. The lowest BCUT2D eigenvalue weighted by atomic mass is 10.2. The van der Waals surface area contributed by atoms with Crippen molar-refractivity contribution in [2.75, 3.05) is 13.1 Å². The van der Waals surface area contributed by atoms with Crippen LogP contribution in [0.5, 0.6) is 0 Å². The molecule has 1 aromatic carbocycles. The molecule has 1 aliphatic rings. The zero-order chi connectivity index (χ0) is 12.6. The number of aliphatic hydroxyl groups excluding tert-OH is 2. The third-order valence-corrected chi connectivity index (χ3v) is 3.04. The van der Waals surface area contributed by atoms with Gasteiger partial charge >= 0.3 is 0 Å². The highest BCUT2D eigenvalue weighted by Crippen LogP contribution is 2.22. The lowest BCUT2D eigenvalue weighted by molar-refractivity contribution is 0.0572. The summed E-state index contributed by atoms with van der Waals surface area (Å²) in [5, 5.41) is 18.7. The van der Waals surface area contributed by atoms with E-state index in [4.69, 9.17) is 11.6 Å². The zero-order valence-electron chi connectivity index (χ0n) is 8.81. The number of rotatable bonds is 1. The molecular formula is C11H11ClFNO3. The second-order valence-corrected chi connectivity index (χ2v) is 4.35. The number of amides is 1. The Morgan fingerprint density at radius 3 is 2.47 bits per heavy atom. The molecule has 0 bridgehead atoms. The predicted molar refractivity (Wildman–Crippen MR) is 59.3 cm³/mol. The Morgan fingerprint density at radius 2 is 1.94 bits per heavy atom. The van der Waals surface area contributed by atoms with Crippen molar-refractivity contribution in [1.82, 2.24) is 4.90 Å². The lowest BCUT2D eigenvalue weighted by Crippen LogP contribution is -2.30. The molecule has 0 spiro atoms. The third-order valence-electron chi connectivity index (χ3n) is 2.72. The average molecular weight is 260 g/mol. The van der Waals surface area contributed by atoms with Crippen LogP contribution in [0.15, 0.2) is 18.2 Å². The highest BCUT2D eigenvalue weighted by molar-refractivity contribution is 6.33. The Balaban J connectivity index is 2.27. The summed E-state index contributed by atoms with van der Waals surface area (Å²) in [5.41, 5.74) is -0.226. The van der Waals surface area contributed by atoms with Crippen molar-refractivity contribution in [3.05, 3.63) is 34.6 Å². The van der Waals surface area contributed by atoms with Gasteiger partial charge in [0.1, 0.15) is 5.82 Å². The molecule has 2 rings (SSSR count). The molecular weight excluding hydrogens is 249 g/mol. The van der Waals surface area contributed by atoms with E-state index < -0.39 is 23.9 Å². The van der Waals surface area contributed by atoms with Gasteiger partial charge in [0.15, 0.2) is 0 Å². The molecule has 0 radical (unpaired) electrons. The van der Waals surface area contributed by atoms with E-state index in [1.54, 1.807) is 0 Å². The Hall–Kier alpha value is -1.17. The number of hydrogen-bond donors (Lipinski definition) is 2. The molecule has 1 heterocycles. The van der Waals surface area contributed by atoms with Crippen LogP contribution in [0.1, 0.15) is 10.4 Å². The van der Waals surface area contributed by atoms with E-state index in [2.05, 4.69) is 0 Å². The van der Waals surface area contributed by atoms with E-state index in [0.717, 1.165) is 6.07 Å². The fraction of sp³-hybridized carbons (Fsp3) is 0.364. The van der Waals surface area contributed by atoms with Crippen molar-refractivity contribution in [3.8, 4) is 0 Å². The van der Waals surface area contributed by atoms with Gasteiger partial charge in [-0.2, -0.15) is 0 Å². The molecule has 92 valence electrons. The standard InChI is InChI=1S/C11H11ClFNO3/c12-6-2-1-3-7(13)10(6)11(17)14-4-8(15)9(16)5-14/h1-3,8-9,15-16H,4-5H2/t8-,9+. The third kappa shape index (κ3) is 2.26. The normalized spacial score (nSPS) is 24.1. The number of likely N-dealkylation sites (tertiary alicyclic amines) is 1. The Morgan fingerprint density at radius 1 is 1.35 bits per heavy atom. The maximum absolute atomic E-state index is 13.5. The zero-order valence-corrected chi connectivity index (χ0v) is 9.56. The molecule has 1 amide bonds. The number of carbonyl (C=O) groups excluding carboxylic acids is 1. The molecule has 4 nitrogen and oxygen atoms in total. The molecule has 1 aliphatic heterocycles. The highest BCUT2D eigenvalue weighted by Gasteiger charge is 2.34. The van der Waals surface area contributed by atoms with Crippen LogP contribution in [0.4, 0.5) is 4.39 Å². The van der Waals surface area contributed by atoms with Crippen LogP contribution in [0.25, 0.3) is 0 Å². The monoisotopic (exact) mass is 259 g/mol. The number of carbonyl (C=O) groups is 1. The summed E-state index contributed by atoms with van der Waals surface area (Å²) in [5.74, 6) is -1.33. The van der Waals surface area contributed by atoms with Gasteiger partial charge in [0, 0.05) is 13.1 Å². The smallest absolute Gasteiger partial charge is 0.258 e. The predicted octanol–water partition coefficient (Wildman–Crippen LogP) is 0.657. The van der Waals surface area contributed by atoms with E-state index in [9.17, 15) is 19.4 Å². The first-order chi connectivity index (χ1) is 8.00. The van der Waals surface area contributed by atoms with Crippen LogP contribution in [-0.2, 0) is 0 Å². The van der Waals surface area contributed by atoms with Crippen molar-refractivity contribution in [1.29, 1.82) is 0 Å². The Labute approximate surface area is 102 Å². The van der Waals surface area contributed by atoms with Gasteiger partial charge in [0.25, 0.3) is 5.91 Å². The van der Waals surface area contributed by atoms with Crippen LogP contribution in [0, 0.1) is 5.82 Å². The van der Waals surface area contributed by atoms with Crippen molar-refractivity contribution >= 4 is 17.5 Å². The minimum absolute atomic E-state index is 0.0193. The van der Waals surface area contributed by atoms with Gasteiger partial charge in [0.05, 0.1) is 22.8 Å². The van der Waals surface area contributed by atoms with Crippen LogP contribution in [0.3, 0.4) is 0 Å². The van der Waals surface area contributed by atoms with Crippen molar-refractivity contribution in [2.24, 2.45) is 0 Å². The number of benzene rings is 1. The second-order valence-electron chi connectivity index (χ2n) is 3.94. The molecule has 2 atom stereocenters. The summed E-state index contributed by atoms with van der Waals surface area (Å²) in [6.45, 7) is -0.0463. The number of β-amino-alcohol motifs (C(OH)–C–C–N with tert-alkyl or cyclic N) is 2. The average Bonchev–Trinajstić information content (AvgIpc) is 2.59. The molecule has 1 aromatic rings. The van der Waals surface area contributed by atoms with Crippen LogP contribution in [0.2, 0.25) is 5.02 Å². The molecule has 0 saturated carbocycles. The number of halogens is 2. The summed E-state index contributed by atoms with van der Waals surface area (Å²) in [6, 6.07) is 3.96. The van der Waals surface area contributed by atoms with E-state index in [-0.39, 0.29) is 23.7 Å². The summed E-state index contributed by atoms with van der Waals surface area (Å²) in [6.07, 6.45) is -1.99. The Kier molecular flexibility index (Phi) is 3.33. The van der Waals surface area contributed by atoms with Crippen molar-refractivity contribution in [3.63, 3.8) is 0 Å².